The Balaban J connectivity index is 1.47. The normalized spacial score (nSPS) is 12.3. The fourth-order valence-electron chi connectivity index (χ4n) is 4.65. The first kappa shape index (κ1) is 24.3. The molecule has 1 atom stereocenters. The average Bonchev–Trinajstić information content (AvgIpc) is 3.59. The lowest BCUT2D eigenvalue weighted by Gasteiger charge is -2.21. The molecule has 1 unspecified atom stereocenters. The molecule has 0 radical (unpaired) electrons. The van der Waals surface area contributed by atoms with Crippen LogP contribution in [0.5, 0.6) is 0 Å². The zero-order valence-corrected chi connectivity index (χ0v) is 21.7. The van der Waals surface area contributed by atoms with Crippen molar-refractivity contribution in [3.8, 4) is 5.69 Å². The topological polar surface area (TPSA) is 120 Å². The van der Waals surface area contributed by atoms with Gasteiger partial charge in [-0.2, -0.15) is 0 Å². The van der Waals surface area contributed by atoms with Crippen molar-refractivity contribution in [3.05, 3.63) is 117 Å². The van der Waals surface area contributed by atoms with E-state index in [1.54, 1.807) is 29.2 Å². The molecule has 6 aromatic rings. The smallest absolute Gasteiger partial charge is 0.263 e. The number of nitrogens with one attached hydrogen (secondary N) is 1. The second-order valence-electron chi connectivity index (χ2n) is 8.90. The summed E-state index contributed by atoms with van der Waals surface area (Å²) in [6.07, 6.45) is 8.80. The number of amides is 1. The number of nitrogens with two attached hydrogens (primary N) is 1. The standard InChI is InChI=1S/C29H23N7O2S/c1-18(33-28(37)25-26(30)34-35-15-6-13-32-27(25)35)22-17-20-8-5-7-19(11-12-23-31-14-16-39-23)24(20)29(38)36(22)21-9-3-2-4-10-21/h2-18H,1H3,(H2,30,34)(H,33,37)/b12-11+. The van der Waals surface area contributed by atoms with Crippen LogP contribution in [0.1, 0.15) is 39.6 Å². The Hall–Kier alpha value is -5.09. The highest BCUT2D eigenvalue weighted by Gasteiger charge is 2.23. The molecule has 0 saturated carbocycles. The number of hydrogen-bond acceptors (Lipinski definition) is 7. The van der Waals surface area contributed by atoms with Gasteiger partial charge in [-0.15, -0.1) is 16.4 Å². The molecule has 2 aromatic carbocycles. The molecule has 0 aliphatic carbocycles. The van der Waals surface area contributed by atoms with E-state index in [0.29, 0.717) is 22.4 Å². The number of carbonyl (C=O) groups excluding carboxylic acids is 1. The maximum atomic E-state index is 14.1. The van der Waals surface area contributed by atoms with Crippen LogP contribution >= 0.6 is 11.3 Å². The number of fused-ring (bicyclic) bond motifs is 2. The fourth-order valence-corrected chi connectivity index (χ4v) is 5.18. The van der Waals surface area contributed by atoms with Crippen LogP contribution in [-0.4, -0.2) is 30.1 Å². The number of benzene rings is 2. The van der Waals surface area contributed by atoms with Gasteiger partial charge < -0.3 is 11.1 Å². The van der Waals surface area contributed by atoms with Gasteiger partial charge in [-0.05, 0) is 48.2 Å². The van der Waals surface area contributed by atoms with Crippen molar-refractivity contribution >= 4 is 51.6 Å². The van der Waals surface area contributed by atoms with Crippen molar-refractivity contribution in [2.45, 2.75) is 13.0 Å². The van der Waals surface area contributed by atoms with E-state index in [1.807, 2.05) is 79.1 Å². The summed E-state index contributed by atoms with van der Waals surface area (Å²) in [5.74, 6) is -0.352. The minimum absolute atomic E-state index is 0.0778. The summed E-state index contributed by atoms with van der Waals surface area (Å²) in [4.78, 5) is 36.1. The van der Waals surface area contributed by atoms with E-state index in [4.69, 9.17) is 5.73 Å². The zero-order chi connectivity index (χ0) is 26.9. The van der Waals surface area contributed by atoms with Crippen molar-refractivity contribution in [1.29, 1.82) is 0 Å². The second-order valence-corrected chi connectivity index (χ2v) is 9.83. The van der Waals surface area contributed by atoms with E-state index in [0.717, 1.165) is 16.0 Å². The largest absolute Gasteiger partial charge is 0.381 e. The summed E-state index contributed by atoms with van der Waals surface area (Å²) >= 11 is 1.52. The van der Waals surface area contributed by atoms with Crippen LogP contribution in [0, 0.1) is 0 Å². The minimum atomic E-state index is -0.553. The number of aromatic nitrogens is 5. The number of hydrogen-bond donors (Lipinski definition) is 2. The van der Waals surface area contributed by atoms with Gasteiger partial charge in [0.15, 0.2) is 11.5 Å². The summed E-state index contributed by atoms with van der Waals surface area (Å²) < 4.78 is 3.11. The summed E-state index contributed by atoms with van der Waals surface area (Å²) in [5.41, 5.74) is 8.52. The van der Waals surface area contributed by atoms with Crippen LogP contribution in [0.2, 0.25) is 0 Å². The zero-order valence-electron chi connectivity index (χ0n) is 20.9. The molecule has 4 aromatic heterocycles. The molecule has 4 heterocycles. The summed E-state index contributed by atoms with van der Waals surface area (Å²) in [6.45, 7) is 1.83. The maximum absolute atomic E-state index is 14.1. The van der Waals surface area contributed by atoms with Gasteiger partial charge in [0.05, 0.1) is 11.4 Å². The SMILES string of the molecule is CC(NC(=O)c1c(N)nn2cccnc12)c1cc2cccc(/C=C/c3nccs3)c2c(=O)n1-c1ccccc1. The van der Waals surface area contributed by atoms with Gasteiger partial charge in [0.1, 0.15) is 10.6 Å². The van der Waals surface area contributed by atoms with Crippen LogP contribution < -0.4 is 16.6 Å². The number of pyridine rings is 1. The summed E-state index contributed by atoms with van der Waals surface area (Å²) in [7, 11) is 0. The molecular formula is C29H23N7O2S. The molecular weight excluding hydrogens is 510 g/mol. The van der Waals surface area contributed by atoms with E-state index < -0.39 is 11.9 Å². The van der Waals surface area contributed by atoms with Crippen molar-refractivity contribution in [2.24, 2.45) is 0 Å². The van der Waals surface area contributed by atoms with E-state index in [2.05, 4.69) is 20.4 Å². The first-order valence-corrected chi connectivity index (χ1v) is 13.1. The Morgan fingerprint density at radius 3 is 2.69 bits per heavy atom. The van der Waals surface area contributed by atoms with E-state index in [9.17, 15) is 9.59 Å². The highest BCUT2D eigenvalue weighted by Crippen LogP contribution is 2.25. The molecule has 9 nitrogen and oxygen atoms in total. The lowest BCUT2D eigenvalue weighted by Crippen LogP contribution is -2.32. The summed E-state index contributed by atoms with van der Waals surface area (Å²) in [6, 6.07) is 18.2. The van der Waals surface area contributed by atoms with Gasteiger partial charge in [0.25, 0.3) is 11.5 Å². The van der Waals surface area contributed by atoms with Crippen LogP contribution in [0.4, 0.5) is 5.82 Å². The predicted molar refractivity (Wildman–Crippen MR) is 154 cm³/mol. The van der Waals surface area contributed by atoms with E-state index >= 15 is 0 Å². The van der Waals surface area contributed by atoms with E-state index in [-0.39, 0.29) is 16.9 Å². The lowest BCUT2D eigenvalue weighted by atomic mass is 10.0. The molecule has 0 saturated heterocycles. The molecule has 0 fully saturated rings. The fraction of sp³-hybridized carbons (Fsp3) is 0.0690. The molecule has 3 N–H and O–H groups in total. The molecule has 10 heteroatoms. The van der Waals surface area contributed by atoms with Gasteiger partial charge in [-0.25, -0.2) is 14.5 Å². The highest BCUT2D eigenvalue weighted by atomic mass is 32.1. The van der Waals surface area contributed by atoms with Gasteiger partial charge in [0.2, 0.25) is 0 Å². The highest BCUT2D eigenvalue weighted by molar-refractivity contribution is 7.10. The summed E-state index contributed by atoms with van der Waals surface area (Å²) in [5, 5.41) is 11.3. The predicted octanol–water partition coefficient (Wildman–Crippen LogP) is 4.73. The van der Waals surface area contributed by atoms with Crippen LogP contribution in [0.3, 0.4) is 0 Å². The Labute approximate surface area is 226 Å². The molecule has 0 bridgehead atoms. The maximum Gasteiger partial charge on any atom is 0.263 e. The lowest BCUT2D eigenvalue weighted by molar-refractivity contribution is 0.0941. The van der Waals surface area contributed by atoms with Gasteiger partial charge in [-0.3, -0.25) is 14.2 Å². The first-order chi connectivity index (χ1) is 19.0. The van der Waals surface area contributed by atoms with Gasteiger partial charge in [-0.1, -0.05) is 42.5 Å². The first-order valence-electron chi connectivity index (χ1n) is 12.2. The van der Waals surface area contributed by atoms with Gasteiger partial charge in [0, 0.05) is 35.4 Å². The molecule has 0 spiro atoms. The van der Waals surface area contributed by atoms with Crippen molar-refractivity contribution in [2.75, 3.05) is 5.73 Å². The third kappa shape index (κ3) is 4.47. The quantitative estimate of drug-likeness (QED) is 0.319. The van der Waals surface area contributed by atoms with Crippen LogP contribution in [0.25, 0.3) is 34.3 Å². The molecule has 0 aliphatic heterocycles. The minimum Gasteiger partial charge on any atom is -0.381 e. The number of nitrogen functional groups attached to an aromatic ring is 1. The molecule has 192 valence electrons. The Morgan fingerprint density at radius 1 is 1.05 bits per heavy atom. The van der Waals surface area contributed by atoms with Crippen LogP contribution in [-0.2, 0) is 0 Å². The van der Waals surface area contributed by atoms with E-state index in [1.165, 1.54) is 15.9 Å². The van der Waals surface area contributed by atoms with Crippen molar-refractivity contribution in [3.63, 3.8) is 0 Å². The Bertz CT molecular complexity index is 1910. The third-order valence-electron chi connectivity index (χ3n) is 6.42. The Morgan fingerprint density at radius 2 is 1.90 bits per heavy atom. The molecule has 0 aliphatic rings. The number of nitrogens with zero attached hydrogens (tertiary/aromatic N) is 5. The average molecular weight is 534 g/mol. The number of anilines is 1. The third-order valence-corrected chi connectivity index (χ3v) is 7.16. The van der Waals surface area contributed by atoms with Gasteiger partial charge >= 0.3 is 0 Å². The number of carbonyl (C=O) groups is 1. The monoisotopic (exact) mass is 533 g/mol. The van der Waals surface area contributed by atoms with Crippen molar-refractivity contribution < 1.29 is 4.79 Å². The molecule has 6 rings (SSSR count). The Kier molecular flexibility index (Phi) is 6.22. The van der Waals surface area contributed by atoms with Crippen LogP contribution in [0.15, 0.2) is 89.4 Å². The van der Waals surface area contributed by atoms with Crippen molar-refractivity contribution in [1.82, 2.24) is 29.5 Å². The number of rotatable bonds is 6. The number of para-hydroxylation sites is 1. The second kappa shape index (κ2) is 9.99. The number of thiazole rings is 1. The molecule has 1 amide bonds. The molecule has 39 heavy (non-hydrogen) atoms.